The number of halogens is 3. The molecule has 0 atom stereocenters. The first-order valence-corrected chi connectivity index (χ1v) is 7.10. The van der Waals surface area contributed by atoms with Gasteiger partial charge in [-0.3, -0.25) is 0 Å². The molecule has 0 amide bonds. The quantitative estimate of drug-likeness (QED) is 0.737. The lowest BCUT2D eigenvalue weighted by Gasteiger charge is -2.13. The molecule has 0 radical (unpaired) electrons. The minimum atomic E-state index is -0.305. The molecule has 0 bridgehead atoms. The van der Waals surface area contributed by atoms with Crippen molar-refractivity contribution < 1.29 is 13.9 Å². The van der Waals surface area contributed by atoms with Crippen molar-refractivity contribution in [3.8, 4) is 11.5 Å². The van der Waals surface area contributed by atoms with E-state index in [0.717, 1.165) is 10.0 Å². The van der Waals surface area contributed by atoms with Crippen molar-refractivity contribution in [2.75, 3.05) is 7.11 Å². The van der Waals surface area contributed by atoms with Gasteiger partial charge >= 0.3 is 0 Å². The zero-order valence-electron chi connectivity index (χ0n) is 10.1. The highest BCUT2D eigenvalue weighted by Gasteiger charge is 2.11. The number of rotatable bonds is 4. The SMILES string of the molecule is COc1cccc(Br)c1OCc1cccc(F)c1Br. The van der Waals surface area contributed by atoms with Crippen molar-refractivity contribution in [1.82, 2.24) is 0 Å². The van der Waals surface area contributed by atoms with Crippen LogP contribution in [0.5, 0.6) is 11.5 Å². The smallest absolute Gasteiger partial charge is 0.175 e. The number of hydrogen-bond donors (Lipinski definition) is 0. The van der Waals surface area contributed by atoms with Crippen LogP contribution in [0.1, 0.15) is 5.56 Å². The van der Waals surface area contributed by atoms with Gasteiger partial charge < -0.3 is 9.47 Å². The second-order valence-corrected chi connectivity index (χ2v) is 5.42. The van der Waals surface area contributed by atoms with Gasteiger partial charge in [0.25, 0.3) is 0 Å². The van der Waals surface area contributed by atoms with Crippen molar-refractivity contribution in [3.63, 3.8) is 0 Å². The highest BCUT2D eigenvalue weighted by atomic mass is 79.9. The molecule has 19 heavy (non-hydrogen) atoms. The van der Waals surface area contributed by atoms with E-state index >= 15 is 0 Å². The van der Waals surface area contributed by atoms with E-state index in [1.807, 2.05) is 12.1 Å². The average molecular weight is 390 g/mol. The lowest BCUT2D eigenvalue weighted by Crippen LogP contribution is -2.00. The summed E-state index contributed by atoms with van der Waals surface area (Å²) in [5.41, 5.74) is 0.734. The first kappa shape index (κ1) is 14.3. The van der Waals surface area contributed by atoms with E-state index in [1.54, 1.807) is 25.3 Å². The second kappa shape index (κ2) is 6.39. The lowest BCUT2D eigenvalue weighted by atomic mass is 10.2. The van der Waals surface area contributed by atoms with Crippen LogP contribution in [0.4, 0.5) is 4.39 Å². The second-order valence-electron chi connectivity index (χ2n) is 3.77. The number of methoxy groups -OCH3 is 1. The van der Waals surface area contributed by atoms with E-state index in [9.17, 15) is 4.39 Å². The summed E-state index contributed by atoms with van der Waals surface area (Å²) in [6.45, 7) is 0.247. The molecule has 2 nitrogen and oxygen atoms in total. The fraction of sp³-hybridized carbons (Fsp3) is 0.143. The fourth-order valence-corrected chi connectivity index (χ4v) is 2.44. The van der Waals surface area contributed by atoms with E-state index in [0.29, 0.717) is 16.0 Å². The molecule has 0 aliphatic heterocycles. The summed E-state index contributed by atoms with van der Waals surface area (Å²) in [4.78, 5) is 0. The Morgan fingerprint density at radius 3 is 2.58 bits per heavy atom. The molecule has 2 aromatic carbocycles. The van der Waals surface area contributed by atoms with Crippen LogP contribution in [0, 0.1) is 5.82 Å². The van der Waals surface area contributed by atoms with Crippen molar-refractivity contribution in [3.05, 3.63) is 56.7 Å². The predicted octanol–water partition coefficient (Wildman–Crippen LogP) is 4.94. The molecule has 0 N–H and O–H groups in total. The third-order valence-electron chi connectivity index (χ3n) is 2.55. The number of ether oxygens (including phenoxy) is 2. The van der Waals surface area contributed by atoms with Gasteiger partial charge in [0.05, 0.1) is 16.1 Å². The van der Waals surface area contributed by atoms with Gasteiger partial charge in [0.1, 0.15) is 12.4 Å². The van der Waals surface area contributed by atoms with Crippen molar-refractivity contribution in [2.45, 2.75) is 6.61 Å². The maximum atomic E-state index is 13.4. The molecule has 0 unspecified atom stereocenters. The molecular weight excluding hydrogens is 379 g/mol. The summed E-state index contributed by atoms with van der Waals surface area (Å²) in [5.74, 6) is 0.920. The largest absolute Gasteiger partial charge is 0.493 e. The average Bonchev–Trinajstić information content (AvgIpc) is 2.41. The molecule has 5 heteroatoms. The van der Waals surface area contributed by atoms with Crippen LogP contribution >= 0.6 is 31.9 Å². The van der Waals surface area contributed by atoms with E-state index in [-0.39, 0.29) is 12.4 Å². The maximum Gasteiger partial charge on any atom is 0.175 e. The molecule has 100 valence electrons. The van der Waals surface area contributed by atoms with Crippen LogP contribution in [0.25, 0.3) is 0 Å². The Hall–Kier alpha value is -1.07. The Kier molecular flexibility index (Phi) is 4.82. The van der Waals surface area contributed by atoms with Crippen molar-refractivity contribution >= 4 is 31.9 Å². The normalized spacial score (nSPS) is 10.3. The summed E-state index contributed by atoms with van der Waals surface area (Å²) in [7, 11) is 1.58. The Morgan fingerprint density at radius 2 is 1.84 bits per heavy atom. The molecule has 0 aromatic heterocycles. The Bertz CT molecular complexity index is 588. The summed E-state index contributed by atoms with van der Waals surface area (Å²) < 4.78 is 25.5. The Labute approximate surface area is 127 Å². The molecule has 0 aliphatic rings. The van der Waals surface area contributed by atoms with Gasteiger partial charge in [0.15, 0.2) is 11.5 Å². The standard InChI is InChI=1S/C14H11Br2FO2/c1-18-12-7-3-5-10(15)14(12)19-8-9-4-2-6-11(17)13(9)16/h2-7H,8H2,1H3. The number of benzene rings is 2. The summed E-state index contributed by atoms with van der Waals surface area (Å²) in [6.07, 6.45) is 0. The molecule has 0 saturated heterocycles. The van der Waals surface area contributed by atoms with E-state index in [1.165, 1.54) is 6.07 Å². The molecule has 0 saturated carbocycles. The molecule has 0 aliphatic carbocycles. The van der Waals surface area contributed by atoms with Gasteiger partial charge in [-0.05, 0) is 50.1 Å². The van der Waals surface area contributed by atoms with Crippen LogP contribution in [0.15, 0.2) is 45.3 Å². The van der Waals surface area contributed by atoms with Crippen molar-refractivity contribution in [1.29, 1.82) is 0 Å². The van der Waals surface area contributed by atoms with Crippen molar-refractivity contribution in [2.24, 2.45) is 0 Å². The number of hydrogen-bond acceptors (Lipinski definition) is 2. The van der Waals surface area contributed by atoms with E-state index in [4.69, 9.17) is 9.47 Å². The molecule has 2 rings (SSSR count). The van der Waals surface area contributed by atoms with E-state index in [2.05, 4.69) is 31.9 Å². The Balaban J connectivity index is 2.21. The maximum absolute atomic E-state index is 13.4. The van der Waals surface area contributed by atoms with Crippen LogP contribution in [-0.4, -0.2) is 7.11 Å². The monoisotopic (exact) mass is 388 g/mol. The van der Waals surface area contributed by atoms with Gasteiger partial charge in [0.2, 0.25) is 0 Å². The molecule has 0 heterocycles. The minimum Gasteiger partial charge on any atom is -0.493 e. The third-order valence-corrected chi connectivity index (χ3v) is 4.07. The zero-order valence-corrected chi connectivity index (χ0v) is 13.3. The highest BCUT2D eigenvalue weighted by molar-refractivity contribution is 9.10. The van der Waals surface area contributed by atoms with Crippen LogP contribution in [0.3, 0.4) is 0 Å². The molecule has 2 aromatic rings. The molecular formula is C14H11Br2FO2. The zero-order chi connectivity index (χ0) is 13.8. The van der Waals surface area contributed by atoms with Gasteiger partial charge in [-0.25, -0.2) is 4.39 Å². The van der Waals surface area contributed by atoms with Crippen LogP contribution in [-0.2, 0) is 6.61 Å². The number of para-hydroxylation sites is 1. The van der Waals surface area contributed by atoms with Gasteiger partial charge in [-0.1, -0.05) is 18.2 Å². The first-order valence-electron chi connectivity index (χ1n) is 5.51. The lowest BCUT2D eigenvalue weighted by molar-refractivity contribution is 0.281. The predicted molar refractivity (Wildman–Crippen MR) is 79.1 cm³/mol. The van der Waals surface area contributed by atoms with Gasteiger partial charge in [-0.15, -0.1) is 0 Å². The fourth-order valence-electron chi connectivity index (χ4n) is 1.60. The summed E-state index contributed by atoms with van der Waals surface area (Å²) in [6, 6.07) is 10.4. The minimum absolute atomic E-state index is 0.247. The van der Waals surface area contributed by atoms with Crippen LogP contribution < -0.4 is 9.47 Å². The highest BCUT2D eigenvalue weighted by Crippen LogP contribution is 2.35. The topological polar surface area (TPSA) is 18.5 Å². The van der Waals surface area contributed by atoms with Crippen LogP contribution in [0.2, 0.25) is 0 Å². The van der Waals surface area contributed by atoms with E-state index < -0.39 is 0 Å². The summed E-state index contributed by atoms with van der Waals surface area (Å²) >= 11 is 6.61. The summed E-state index contributed by atoms with van der Waals surface area (Å²) in [5, 5.41) is 0. The Morgan fingerprint density at radius 1 is 1.11 bits per heavy atom. The molecule has 0 fully saturated rings. The van der Waals surface area contributed by atoms with Gasteiger partial charge in [-0.2, -0.15) is 0 Å². The van der Waals surface area contributed by atoms with Gasteiger partial charge in [0, 0.05) is 5.56 Å². The third kappa shape index (κ3) is 3.28. The first-order chi connectivity index (χ1) is 9.13. The molecule has 0 spiro atoms.